The molecule has 0 aliphatic rings. The number of hydrogen-bond acceptors (Lipinski definition) is 3. The van der Waals surface area contributed by atoms with Gasteiger partial charge in [-0.05, 0) is 31.5 Å². The average Bonchev–Trinajstić information content (AvgIpc) is 2.60. The smallest absolute Gasteiger partial charge is 0.309 e. The van der Waals surface area contributed by atoms with Gasteiger partial charge in [0.2, 0.25) is 0 Å². The van der Waals surface area contributed by atoms with Crippen LogP contribution in [0, 0.1) is 13.8 Å². The predicted octanol–water partition coefficient (Wildman–Crippen LogP) is 1.51. The number of rotatable bonds is 3. The van der Waals surface area contributed by atoms with E-state index in [-0.39, 0.29) is 6.42 Å². The van der Waals surface area contributed by atoms with E-state index in [1.807, 2.05) is 31.2 Å². The highest BCUT2D eigenvalue weighted by molar-refractivity contribution is 5.70. The predicted molar refractivity (Wildman–Crippen MR) is 62.2 cm³/mol. The summed E-state index contributed by atoms with van der Waals surface area (Å²) in [4.78, 5) is 10.8. The molecule has 2 aromatic rings. The molecule has 1 aromatic carbocycles. The van der Waals surface area contributed by atoms with Crippen LogP contribution in [0.25, 0.3) is 5.69 Å². The van der Waals surface area contributed by atoms with Gasteiger partial charge in [0.15, 0.2) is 0 Å². The van der Waals surface area contributed by atoms with Gasteiger partial charge in [-0.2, -0.15) is 0 Å². The molecule has 88 valence electrons. The third kappa shape index (κ3) is 2.33. The number of nitrogens with zero attached hydrogens (tertiary/aromatic N) is 3. The molecule has 0 atom stereocenters. The van der Waals surface area contributed by atoms with Crippen LogP contribution >= 0.6 is 0 Å². The van der Waals surface area contributed by atoms with E-state index in [1.165, 1.54) is 0 Å². The zero-order chi connectivity index (χ0) is 12.4. The number of carboxylic acids is 1. The Morgan fingerprint density at radius 2 is 2.18 bits per heavy atom. The minimum absolute atomic E-state index is 0.0766. The van der Waals surface area contributed by atoms with E-state index in [0.29, 0.717) is 11.4 Å². The molecule has 1 N–H and O–H groups in total. The zero-order valence-corrected chi connectivity index (χ0v) is 9.71. The third-order valence-electron chi connectivity index (χ3n) is 2.52. The Hall–Kier alpha value is -2.17. The van der Waals surface area contributed by atoms with Crippen molar-refractivity contribution in [2.45, 2.75) is 20.3 Å². The standard InChI is InChI=1S/C12H13N3O2/c1-8-4-3-5-10(6-8)15-11(7-12(16)17)9(2)13-14-15/h3-6H,7H2,1-2H3,(H,16,17). The van der Waals surface area contributed by atoms with Gasteiger partial charge in [-0.15, -0.1) is 5.10 Å². The van der Waals surface area contributed by atoms with Crippen molar-refractivity contribution in [2.24, 2.45) is 0 Å². The maximum absolute atomic E-state index is 10.8. The zero-order valence-electron chi connectivity index (χ0n) is 9.71. The van der Waals surface area contributed by atoms with Gasteiger partial charge in [0.05, 0.1) is 23.5 Å². The van der Waals surface area contributed by atoms with Gasteiger partial charge in [0.1, 0.15) is 0 Å². The van der Waals surface area contributed by atoms with Crippen LogP contribution in [0.1, 0.15) is 17.0 Å². The molecule has 0 spiro atoms. The average molecular weight is 231 g/mol. The van der Waals surface area contributed by atoms with E-state index < -0.39 is 5.97 Å². The highest BCUT2D eigenvalue weighted by Gasteiger charge is 2.14. The lowest BCUT2D eigenvalue weighted by molar-refractivity contribution is -0.136. The van der Waals surface area contributed by atoms with Crippen molar-refractivity contribution in [2.75, 3.05) is 0 Å². The lowest BCUT2D eigenvalue weighted by Gasteiger charge is -2.05. The number of aromatic nitrogens is 3. The number of hydrogen-bond donors (Lipinski definition) is 1. The van der Waals surface area contributed by atoms with E-state index in [0.717, 1.165) is 11.3 Å². The van der Waals surface area contributed by atoms with Gasteiger partial charge < -0.3 is 5.11 Å². The summed E-state index contributed by atoms with van der Waals surface area (Å²) in [5.74, 6) is -0.885. The van der Waals surface area contributed by atoms with Crippen LogP contribution in [0.15, 0.2) is 24.3 Å². The van der Waals surface area contributed by atoms with Crippen molar-refractivity contribution < 1.29 is 9.90 Å². The molecule has 5 heteroatoms. The summed E-state index contributed by atoms with van der Waals surface area (Å²) < 4.78 is 1.58. The van der Waals surface area contributed by atoms with E-state index in [4.69, 9.17) is 5.11 Å². The summed E-state index contributed by atoms with van der Waals surface area (Å²) in [7, 11) is 0. The number of carboxylic acid groups (broad SMARTS) is 1. The Labute approximate surface area is 98.7 Å². The van der Waals surface area contributed by atoms with Crippen LogP contribution in [0.3, 0.4) is 0 Å². The highest BCUT2D eigenvalue weighted by atomic mass is 16.4. The summed E-state index contributed by atoms with van der Waals surface area (Å²) >= 11 is 0. The molecule has 0 saturated heterocycles. The second-order valence-corrected chi connectivity index (χ2v) is 3.94. The lowest BCUT2D eigenvalue weighted by Crippen LogP contribution is -2.09. The lowest BCUT2D eigenvalue weighted by atomic mass is 10.2. The highest BCUT2D eigenvalue weighted by Crippen LogP contribution is 2.14. The van der Waals surface area contributed by atoms with Crippen LogP contribution in [-0.2, 0) is 11.2 Å². The van der Waals surface area contributed by atoms with Crippen LogP contribution in [0.2, 0.25) is 0 Å². The van der Waals surface area contributed by atoms with Crippen molar-refractivity contribution in [1.29, 1.82) is 0 Å². The van der Waals surface area contributed by atoms with Crippen molar-refractivity contribution in [3.8, 4) is 5.69 Å². The fraction of sp³-hybridized carbons (Fsp3) is 0.250. The van der Waals surface area contributed by atoms with E-state index in [1.54, 1.807) is 11.6 Å². The first-order chi connectivity index (χ1) is 8.08. The van der Waals surface area contributed by atoms with Gasteiger partial charge in [-0.25, -0.2) is 4.68 Å². The maximum Gasteiger partial charge on any atom is 0.309 e. The molecule has 0 bridgehead atoms. The summed E-state index contributed by atoms with van der Waals surface area (Å²) in [5, 5.41) is 16.8. The van der Waals surface area contributed by atoms with Crippen molar-refractivity contribution in [1.82, 2.24) is 15.0 Å². The Balaban J connectivity index is 2.48. The molecule has 0 radical (unpaired) electrons. The molecule has 5 nitrogen and oxygen atoms in total. The molecule has 1 heterocycles. The molecule has 2 rings (SSSR count). The second kappa shape index (κ2) is 4.37. The van der Waals surface area contributed by atoms with Crippen LogP contribution in [0.5, 0.6) is 0 Å². The molecule has 0 aliphatic heterocycles. The molecule has 1 aromatic heterocycles. The first kappa shape index (κ1) is 11.3. The van der Waals surface area contributed by atoms with Crippen LogP contribution in [0.4, 0.5) is 0 Å². The molecular weight excluding hydrogens is 218 g/mol. The molecule has 17 heavy (non-hydrogen) atoms. The number of aliphatic carboxylic acids is 1. The summed E-state index contributed by atoms with van der Waals surface area (Å²) in [6.45, 7) is 3.74. The van der Waals surface area contributed by atoms with Crippen LogP contribution in [-0.4, -0.2) is 26.1 Å². The third-order valence-corrected chi connectivity index (χ3v) is 2.52. The van der Waals surface area contributed by atoms with Gasteiger partial charge >= 0.3 is 5.97 Å². The largest absolute Gasteiger partial charge is 0.481 e. The molecule has 0 saturated carbocycles. The summed E-state index contributed by atoms with van der Waals surface area (Å²) in [6, 6.07) is 7.71. The Morgan fingerprint density at radius 1 is 1.41 bits per heavy atom. The van der Waals surface area contributed by atoms with Gasteiger partial charge in [-0.1, -0.05) is 17.3 Å². The second-order valence-electron chi connectivity index (χ2n) is 3.94. The quantitative estimate of drug-likeness (QED) is 0.869. The number of aryl methyl sites for hydroxylation is 2. The fourth-order valence-corrected chi connectivity index (χ4v) is 1.69. The SMILES string of the molecule is Cc1cccc(-n2nnc(C)c2CC(=O)O)c1. The summed E-state index contributed by atoms with van der Waals surface area (Å²) in [5.41, 5.74) is 3.19. The molecular formula is C12H13N3O2. The van der Waals surface area contributed by atoms with Crippen LogP contribution < -0.4 is 0 Å². The molecule has 0 amide bonds. The minimum atomic E-state index is -0.885. The van der Waals surface area contributed by atoms with Crippen molar-refractivity contribution in [3.63, 3.8) is 0 Å². The van der Waals surface area contributed by atoms with Gasteiger partial charge in [0.25, 0.3) is 0 Å². The van der Waals surface area contributed by atoms with E-state index in [9.17, 15) is 4.79 Å². The maximum atomic E-state index is 10.8. The first-order valence-electron chi connectivity index (χ1n) is 5.28. The monoisotopic (exact) mass is 231 g/mol. The first-order valence-corrected chi connectivity index (χ1v) is 5.28. The Kier molecular flexibility index (Phi) is 2.91. The molecule has 0 unspecified atom stereocenters. The van der Waals surface area contributed by atoms with E-state index >= 15 is 0 Å². The van der Waals surface area contributed by atoms with Crippen molar-refractivity contribution >= 4 is 5.97 Å². The fourth-order valence-electron chi connectivity index (χ4n) is 1.69. The Bertz CT molecular complexity index is 561. The van der Waals surface area contributed by atoms with Gasteiger partial charge in [-0.3, -0.25) is 4.79 Å². The van der Waals surface area contributed by atoms with E-state index in [2.05, 4.69) is 10.3 Å². The minimum Gasteiger partial charge on any atom is -0.481 e. The number of carbonyl (C=O) groups is 1. The van der Waals surface area contributed by atoms with Gasteiger partial charge in [0, 0.05) is 0 Å². The normalized spacial score (nSPS) is 10.5. The molecule has 0 aliphatic carbocycles. The Morgan fingerprint density at radius 3 is 2.82 bits per heavy atom. The molecule has 0 fully saturated rings. The topological polar surface area (TPSA) is 68.0 Å². The van der Waals surface area contributed by atoms with Crippen molar-refractivity contribution in [3.05, 3.63) is 41.2 Å². The summed E-state index contributed by atoms with van der Waals surface area (Å²) in [6.07, 6.45) is -0.0766. The number of benzene rings is 1.